The maximum absolute atomic E-state index is 3.71. The lowest BCUT2D eigenvalue weighted by Gasteiger charge is -2.32. The largest absolute Gasteiger partial charge is 0.310 e. The number of hydrogen-bond acceptors (Lipinski definition) is 1. The molecule has 0 aliphatic heterocycles. The van der Waals surface area contributed by atoms with Gasteiger partial charge in [-0.25, -0.2) is 0 Å². The van der Waals surface area contributed by atoms with Gasteiger partial charge in [-0.2, -0.15) is 0 Å². The van der Waals surface area contributed by atoms with Gasteiger partial charge in [0, 0.05) is 15.0 Å². The molecule has 1 saturated carbocycles. The number of halogens is 2. The fourth-order valence-corrected chi connectivity index (χ4v) is 4.27. The summed E-state index contributed by atoms with van der Waals surface area (Å²) in [5.74, 6) is 0.788. The second kappa shape index (κ2) is 7.06. The van der Waals surface area contributed by atoms with E-state index in [0.29, 0.717) is 6.04 Å². The lowest BCUT2D eigenvalue weighted by atomic mass is 9.81. The van der Waals surface area contributed by atoms with Gasteiger partial charge in [-0.05, 0) is 43.0 Å². The van der Waals surface area contributed by atoms with Crippen molar-refractivity contribution in [3.8, 4) is 0 Å². The van der Waals surface area contributed by atoms with Gasteiger partial charge in [-0.15, -0.1) is 0 Å². The zero-order valence-electron chi connectivity index (χ0n) is 10.9. The third kappa shape index (κ3) is 3.58. The molecule has 18 heavy (non-hydrogen) atoms. The van der Waals surface area contributed by atoms with Gasteiger partial charge in [-0.1, -0.05) is 64.1 Å². The first-order valence-corrected chi connectivity index (χ1v) is 8.49. The highest BCUT2D eigenvalue weighted by molar-refractivity contribution is 9.11. The first-order chi connectivity index (χ1) is 8.72. The Hall–Kier alpha value is 0.140. The molecule has 1 fully saturated rings. The van der Waals surface area contributed by atoms with Gasteiger partial charge in [-0.3, -0.25) is 0 Å². The monoisotopic (exact) mass is 373 g/mol. The van der Waals surface area contributed by atoms with Gasteiger partial charge >= 0.3 is 0 Å². The van der Waals surface area contributed by atoms with Crippen molar-refractivity contribution >= 4 is 31.9 Å². The molecule has 1 aromatic carbocycles. The standard InChI is InChI=1S/C15H21Br2N/c1-2-18-15(11-6-4-3-5-7-11)13-9-8-12(16)10-14(13)17/h8-11,15,18H,2-7H2,1H3. The Bertz CT molecular complexity index is 386. The van der Waals surface area contributed by atoms with Crippen LogP contribution in [0.3, 0.4) is 0 Å². The Balaban J connectivity index is 2.22. The van der Waals surface area contributed by atoms with E-state index in [0.717, 1.165) is 16.9 Å². The first-order valence-electron chi connectivity index (χ1n) is 6.90. The van der Waals surface area contributed by atoms with Crippen molar-refractivity contribution in [1.29, 1.82) is 0 Å². The summed E-state index contributed by atoms with van der Waals surface area (Å²) >= 11 is 7.24. The van der Waals surface area contributed by atoms with Crippen LogP contribution < -0.4 is 5.32 Å². The molecule has 1 nitrogen and oxygen atoms in total. The molecule has 1 atom stereocenters. The maximum atomic E-state index is 3.71. The second-order valence-electron chi connectivity index (χ2n) is 5.10. The van der Waals surface area contributed by atoms with Crippen LogP contribution in [-0.4, -0.2) is 6.54 Å². The Morgan fingerprint density at radius 3 is 2.56 bits per heavy atom. The van der Waals surface area contributed by atoms with Crippen molar-refractivity contribution in [3.05, 3.63) is 32.7 Å². The molecule has 3 heteroatoms. The summed E-state index contributed by atoms with van der Waals surface area (Å²) in [5.41, 5.74) is 1.41. The number of benzene rings is 1. The van der Waals surface area contributed by atoms with Crippen LogP contribution in [0.4, 0.5) is 0 Å². The van der Waals surface area contributed by atoms with Crippen LogP contribution in [0.15, 0.2) is 27.1 Å². The van der Waals surface area contributed by atoms with Crippen molar-refractivity contribution in [1.82, 2.24) is 5.32 Å². The highest BCUT2D eigenvalue weighted by atomic mass is 79.9. The Morgan fingerprint density at radius 2 is 1.94 bits per heavy atom. The van der Waals surface area contributed by atoms with E-state index in [1.165, 1.54) is 42.1 Å². The van der Waals surface area contributed by atoms with E-state index in [-0.39, 0.29) is 0 Å². The molecule has 0 spiro atoms. The minimum atomic E-state index is 0.498. The fraction of sp³-hybridized carbons (Fsp3) is 0.600. The molecular formula is C15H21Br2N. The molecule has 1 N–H and O–H groups in total. The van der Waals surface area contributed by atoms with Gasteiger partial charge in [0.2, 0.25) is 0 Å². The zero-order chi connectivity index (χ0) is 13.0. The fourth-order valence-electron chi connectivity index (χ4n) is 2.97. The summed E-state index contributed by atoms with van der Waals surface area (Å²) in [5, 5.41) is 3.68. The zero-order valence-corrected chi connectivity index (χ0v) is 14.1. The average molecular weight is 375 g/mol. The average Bonchev–Trinajstić information content (AvgIpc) is 2.38. The molecular weight excluding hydrogens is 354 g/mol. The Morgan fingerprint density at radius 1 is 1.22 bits per heavy atom. The van der Waals surface area contributed by atoms with Gasteiger partial charge in [0.25, 0.3) is 0 Å². The summed E-state index contributed by atoms with van der Waals surface area (Å²) in [4.78, 5) is 0. The molecule has 0 radical (unpaired) electrons. The van der Waals surface area contributed by atoms with Crippen LogP contribution in [0.5, 0.6) is 0 Å². The molecule has 2 rings (SSSR count). The minimum absolute atomic E-state index is 0.498. The van der Waals surface area contributed by atoms with E-state index < -0.39 is 0 Å². The third-order valence-electron chi connectivity index (χ3n) is 3.84. The molecule has 0 aromatic heterocycles. The van der Waals surface area contributed by atoms with Crippen LogP contribution in [0.25, 0.3) is 0 Å². The van der Waals surface area contributed by atoms with Crippen LogP contribution in [-0.2, 0) is 0 Å². The SMILES string of the molecule is CCNC(c1ccc(Br)cc1Br)C1CCCCC1. The van der Waals surface area contributed by atoms with Gasteiger partial charge in [0.15, 0.2) is 0 Å². The quantitative estimate of drug-likeness (QED) is 0.739. The lowest BCUT2D eigenvalue weighted by Crippen LogP contribution is -2.29. The van der Waals surface area contributed by atoms with E-state index >= 15 is 0 Å². The smallest absolute Gasteiger partial charge is 0.0359 e. The van der Waals surface area contributed by atoms with E-state index in [4.69, 9.17) is 0 Å². The molecule has 1 unspecified atom stereocenters. The topological polar surface area (TPSA) is 12.0 Å². The van der Waals surface area contributed by atoms with Crippen LogP contribution in [0.1, 0.15) is 50.6 Å². The van der Waals surface area contributed by atoms with Crippen molar-refractivity contribution in [3.63, 3.8) is 0 Å². The second-order valence-corrected chi connectivity index (χ2v) is 6.87. The van der Waals surface area contributed by atoms with Crippen LogP contribution in [0.2, 0.25) is 0 Å². The Kier molecular flexibility index (Phi) is 5.71. The molecule has 0 saturated heterocycles. The number of hydrogen-bond donors (Lipinski definition) is 1. The molecule has 1 aromatic rings. The van der Waals surface area contributed by atoms with Crippen molar-refractivity contribution in [2.75, 3.05) is 6.54 Å². The van der Waals surface area contributed by atoms with Crippen LogP contribution >= 0.6 is 31.9 Å². The maximum Gasteiger partial charge on any atom is 0.0359 e. The van der Waals surface area contributed by atoms with Crippen molar-refractivity contribution in [2.24, 2.45) is 5.92 Å². The van der Waals surface area contributed by atoms with Crippen molar-refractivity contribution < 1.29 is 0 Å². The highest BCUT2D eigenvalue weighted by Gasteiger charge is 2.25. The summed E-state index contributed by atoms with van der Waals surface area (Å²) in [6.45, 7) is 3.23. The molecule has 0 amide bonds. The molecule has 1 aliphatic carbocycles. The summed E-state index contributed by atoms with van der Waals surface area (Å²) in [7, 11) is 0. The van der Waals surface area contributed by atoms with Gasteiger partial charge in [0.05, 0.1) is 0 Å². The van der Waals surface area contributed by atoms with E-state index in [1.54, 1.807) is 0 Å². The summed E-state index contributed by atoms with van der Waals surface area (Å²) in [6.07, 6.45) is 6.92. The Labute approximate surface area is 127 Å². The molecule has 0 heterocycles. The highest BCUT2D eigenvalue weighted by Crippen LogP contribution is 2.37. The van der Waals surface area contributed by atoms with E-state index in [9.17, 15) is 0 Å². The van der Waals surface area contributed by atoms with Crippen LogP contribution in [0, 0.1) is 5.92 Å². The molecule has 1 aliphatic rings. The van der Waals surface area contributed by atoms with E-state index in [2.05, 4.69) is 62.3 Å². The molecule has 100 valence electrons. The third-order valence-corrected chi connectivity index (χ3v) is 5.02. The predicted octanol–water partition coefficient (Wildman–Crippen LogP) is 5.44. The number of nitrogens with one attached hydrogen (secondary N) is 1. The minimum Gasteiger partial charge on any atom is -0.310 e. The predicted molar refractivity (Wildman–Crippen MR) is 84.8 cm³/mol. The normalized spacial score (nSPS) is 18.8. The van der Waals surface area contributed by atoms with Gasteiger partial charge in [0.1, 0.15) is 0 Å². The summed E-state index contributed by atoms with van der Waals surface area (Å²) < 4.78 is 2.35. The van der Waals surface area contributed by atoms with Gasteiger partial charge < -0.3 is 5.32 Å². The van der Waals surface area contributed by atoms with E-state index in [1.807, 2.05) is 0 Å². The first kappa shape index (κ1) is 14.5. The molecule has 0 bridgehead atoms. The summed E-state index contributed by atoms with van der Waals surface area (Å²) in [6, 6.07) is 7.05. The number of rotatable bonds is 4. The lowest BCUT2D eigenvalue weighted by molar-refractivity contribution is 0.274. The van der Waals surface area contributed by atoms with Crippen molar-refractivity contribution in [2.45, 2.75) is 45.1 Å².